The van der Waals surface area contributed by atoms with Crippen LogP contribution in [0.3, 0.4) is 0 Å². The van der Waals surface area contributed by atoms with Crippen molar-refractivity contribution in [2.24, 2.45) is 5.92 Å². The fourth-order valence-corrected chi connectivity index (χ4v) is 4.23. The number of hydrogen-bond donors (Lipinski definition) is 1. The van der Waals surface area contributed by atoms with E-state index < -0.39 is 0 Å². The number of fused-ring (bicyclic) bond motifs is 1. The minimum atomic E-state index is -0.136. The van der Waals surface area contributed by atoms with Crippen LogP contribution in [0.2, 0.25) is 0 Å². The van der Waals surface area contributed by atoms with Crippen molar-refractivity contribution >= 4 is 11.8 Å². The Labute approximate surface area is 188 Å². The van der Waals surface area contributed by atoms with Crippen molar-refractivity contribution in [3.63, 3.8) is 0 Å². The first-order valence-corrected chi connectivity index (χ1v) is 11.2. The number of amides is 2. The maximum atomic E-state index is 13.1. The van der Waals surface area contributed by atoms with Crippen molar-refractivity contribution < 1.29 is 19.1 Å². The van der Waals surface area contributed by atoms with Crippen LogP contribution in [0.1, 0.15) is 52.7 Å². The maximum absolute atomic E-state index is 13.1. The smallest absolute Gasteiger partial charge is 0.276 e. The Morgan fingerprint density at radius 1 is 1.22 bits per heavy atom. The zero-order valence-corrected chi connectivity index (χ0v) is 18.7. The van der Waals surface area contributed by atoms with Crippen molar-refractivity contribution in [1.29, 1.82) is 0 Å². The summed E-state index contributed by atoms with van der Waals surface area (Å²) in [5, 5.41) is 11.4. The molecular formula is C23H31N5O4. The third kappa shape index (κ3) is 4.99. The van der Waals surface area contributed by atoms with Crippen LogP contribution < -0.4 is 5.32 Å². The van der Waals surface area contributed by atoms with E-state index in [1.807, 2.05) is 0 Å². The van der Waals surface area contributed by atoms with Crippen molar-refractivity contribution in [2.45, 2.75) is 45.4 Å². The van der Waals surface area contributed by atoms with E-state index in [0.717, 1.165) is 17.7 Å². The molecule has 32 heavy (non-hydrogen) atoms. The average Bonchev–Trinajstić information content (AvgIpc) is 3.25. The highest BCUT2D eigenvalue weighted by atomic mass is 16.5. The summed E-state index contributed by atoms with van der Waals surface area (Å²) in [6.45, 7) is 5.20. The number of hydrogen-bond acceptors (Lipinski definition) is 6. The molecule has 2 aromatic rings. The van der Waals surface area contributed by atoms with Gasteiger partial charge in [0.15, 0.2) is 5.69 Å². The van der Waals surface area contributed by atoms with E-state index in [1.165, 1.54) is 5.56 Å². The van der Waals surface area contributed by atoms with Crippen molar-refractivity contribution in [3.05, 3.63) is 46.8 Å². The van der Waals surface area contributed by atoms with Gasteiger partial charge in [-0.3, -0.25) is 9.59 Å². The lowest BCUT2D eigenvalue weighted by molar-refractivity contribution is -0.126. The summed E-state index contributed by atoms with van der Waals surface area (Å²) in [7, 11) is 1.65. The number of benzene rings is 1. The zero-order valence-electron chi connectivity index (χ0n) is 18.7. The molecule has 1 fully saturated rings. The highest BCUT2D eigenvalue weighted by Crippen LogP contribution is 2.28. The Balaban J connectivity index is 1.32. The highest BCUT2D eigenvalue weighted by molar-refractivity contribution is 5.93. The Kier molecular flexibility index (Phi) is 7.16. The molecule has 9 nitrogen and oxygen atoms in total. The van der Waals surface area contributed by atoms with Gasteiger partial charge >= 0.3 is 0 Å². The second-order valence-electron chi connectivity index (χ2n) is 8.48. The van der Waals surface area contributed by atoms with E-state index in [9.17, 15) is 9.59 Å². The number of piperidine rings is 1. The minimum Gasteiger partial charge on any atom is -0.385 e. The monoisotopic (exact) mass is 441 g/mol. The molecule has 0 spiro atoms. The summed E-state index contributed by atoms with van der Waals surface area (Å²) in [5.74, 6) is -0.137. The predicted octanol–water partition coefficient (Wildman–Crippen LogP) is 1.86. The number of nitrogens with zero attached hydrogens (tertiary/aromatic N) is 4. The molecule has 2 amide bonds. The molecule has 0 radical (unpaired) electrons. The third-order valence-electron chi connectivity index (χ3n) is 6.23. The summed E-state index contributed by atoms with van der Waals surface area (Å²) in [4.78, 5) is 27.2. The Morgan fingerprint density at radius 3 is 2.69 bits per heavy atom. The number of likely N-dealkylation sites (tertiary alicyclic amines) is 1. The molecule has 0 unspecified atom stereocenters. The largest absolute Gasteiger partial charge is 0.385 e. The summed E-state index contributed by atoms with van der Waals surface area (Å²) < 4.78 is 12.8. The Morgan fingerprint density at radius 2 is 1.97 bits per heavy atom. The summed E-state index contributed by atoms with van der Waals surface area (Å²) in [6.07, 6.45) is 1.99. The van der Waals surface area contributed by atoms with Gasteiger partial charge in [-0.25, -0.2) is 4.68 Å². The van der Waals surface area contributed by atoms with E-state index in [4.69, 9.17) is 9.47 Å². The van der Waals surface area contributed by atoms with Gasteiger partial charge in [0, 0.05) is 39.3 Å². The molecule has 3 heterocycles. The molecule has 1 aromatic carbocycles. The molecule has 1 atom stereocenters. The fourth-order valence-electron chi connectivity index (χ4n) is 4.23. The van der Waals surface area contributed by atoms with Crippen molar-refractivity contribution in [2.75, 3.05) is 33.4 Å². The molecule has 2 aliphatic rings. The summed E-state index contributed by atoms with van der Waals surface area (Å²) in [5.41, 5.74) is 3.37. The normalized spacial score (nSPS) is 18.9. The number of rotatable bonds is 7. The lowest BCUT2D eigenvalue weighted by Gasteiger charge is -2.31. The van der Waals surface area contributed by atoms with Crippen LogP contribution in [0.15, 0.2) is 24.3 Å². The molecule has 0 bridgehead atoms. The molecule has 1 aromatic heterocycles. The summed E-state index contributed by atoms with van der Waals surface area (Å²) in [6, 6.07) is 8.25. The van der Waals surface area contributed by atoms with Gasteiger partial charge in [0.2, 0.25) is 5.91 Å². The number of methoxy groups -OCH3 is 1. The van der Waals surface area contributed by atoms with Gasteiger partial charge in [0.05, 0.1) is 18.8 Å². The number of aromatic nitrogens is 3. The Hall–Kier alpha value is -2.78. The predicted molar refractivity (Wildman–Crippen MR) is 117 cm³/mol. The molecule has 9 heteroatoms. The first-order valence-electron chi connectivity index (χ1n) is 11.2. The molecule has 2 aliphatic heterocycles. The van der Waals surface area contributed by atoms with Crippen LogP contribution in [0, 0.1) is 12.8 Å². The topological polar surface area (TPSA) is 98.6 Å². The van der Waals surface area contributed by atoms with Crippen LogP contribution in [0.25, 0.3) is 0 Å². The SMILES string of the molecule is COCCCNC(=O)C1CCN(C(=O)c2nnn3c2CO[C@H](c2ccc(C)cc2)C3)CC1. The van der Waals surface area contributed by atoms with Crippen LogP contribution in [-0.4, -0.2) is 65.1 Å². The second kappa shape index (κ2) is 10.2. The van der Waals surface area contributed by atoms with Crippen molar-refractivity contribution in [1.82, 2.24) is 25.2 Å². The van der Waals surface area contributed by atoms with Crippen LogP contribution in [0.5, 0.6) is 0 Å². The van der Waals surface area contributed by atoms with Gasteiger partial charge in [-0.1, -0.05) is 35.0 Å². The number of carbonyl (C=O) groups excluding carboxylic acids is 2. The number of aryl methyl sites for hydroxylation is 1. The van der Waals surface area contributed by atoms with Crippen LogP contribution >= 0.6 is 0 Å². The third-order valence-corrected chi connectivity index (χ3v) is 6.23. The summed E-state index contributed by atoms with van der Waals surface area (Å²) >= 11 is 0. The molecule has 1 saturated heterocycles. The molecule has 1 N–H and O–H groups in total. The van der Waals surface area contributed by atoms with Gasteiger partial charge < -0.3 is 19.7 Å². The van der Waals surface area contributed by atoms with Gasteiger partial charge in [0.25, 0.3) is 5.91 Å². The fraction of sp³-hybridized carbons (Fsp3) is 0.565. The van der Waals surface area contributed by atoms with Crippen LogP contribution in [-0.2, 0) is 27.4 Å². The maximum Gasteiger partial charge on any atom is 0.276 e. The standard InChI is InChI=1S/C23H31N5O4/c1-16-4-6-17(7-5-16)20-14-28-19(15-32-20)21(25-26-28)23(30)27-11-8-18(9-12-27)22(29)24-10-3-13-31-2/h4-7,18,20H,3,8-15H2,1-2H3,(H,24,29)/t20-/m0/s1. The molecule has 0 aliphatic carbocycles. The van der Waals surface area contributed by atoms with Crippen molar-refractivity contribution in [3.8, 4) is 0 Å². The quantitative estimate of drug-likeness (QED) is 0.659. The molecule has 4 rings (SSSR count). The zero-order chi connectivity index (χ0) is 22.5. The van der Waals surface area contributed by atoms with E-state index in [-0.39, 0.29) is 23.8 Å². The average molecular weight is 442 g/mol. The number of nitrogens with one attached hydrogen (secondary N) is 1. The van der Waals surface area contributed by atoms with E-state index in [2.05, 4.69) is 46.8 Å². The number of ether oxygens (including phenoxy) is 2. The first-order chi connectivity index (χ1) is 15.6. The van der Waals surface area contributed by atoms with E-state index in [1.54, 1.807) is 16.7 Å². The second-order valence-corrected chi connectivity index (χ2v) is 8.48. The first kappa shape index (κ1) is 22.4. The van der Waals surface area contributed by atoms with E-state index in [0.29, 0.717) is 57.9 Å². The lowest BCUT2D eigenvalue weighted by atomic mass is 9.95. The molecule has 172 valence electrons. The minimum absolute atomic E-state index is 0.0600. The van der Waals surface area contributed by atoms with Gasteiger partial charge in [-0.2, -0.15) is 0 Å². The van der Waals surface area contributed by atoms with Gasteiger partial charge in [0.1, 0.15) is 6.10 Å². The lowest BCUT2D eigenvalue weighted by Crippen LogP contribution is -2.43. The van der Waals surface area contributed by atoms with Crippen LogP contribution in [0.4, 0.5) is 0 Å². The Bertz CT molecular complexity index is 934. The number of carbonyl (C=O) groups is 2. The van der Waals surface area contributed by atoms with Gasteiger partial charge in [-0.15, -0.1) is 5.10 Å². The van der Waals surface area contributed by atoms with Gasteiger partial charge in [-0.05, 0) is 31.7 Å². The molecular weight excluding hydrogens is 410 g/mol. The molecule has 0 saturated carbocycles. The van der Waals surface area contributed by atoms with E-state index >= 15 is 0 Å². The highest BCUT2D eigenvalue weighted by Gasteiger charge is 2.33.